The molecule has 8 nitrogen and oxygen atoms in total. The van der Waals surface area contributed by atoms with E-state index >= 15 is 0 Å². The summed E-state index contributed by atoms with van der Waals surface area (Å²) in [6, 6.07) is 17.0. The number of oxime groups is 1. The lowest BCUT2D eigenvalue weighted by atomic mass is 10.0. The summed E-state index contributed by atoms with van der Waals surface area (Å²) in [6.07, 6.45) is 0.116. The highest BCUT2D eigenvalue weighted by molar-refractivity contribution is 6.46. The number of carbonyl (C=O) groups is 3. The van der Waals surface area contributed by atoms with Gasteiger partial charge < -0.3 is 20.2 Å². The Morgan fingerprint density at radius 2 is 1.61 bits per heavy atom. The molecule has 3 aromatic carbocycles. The minimum atomic E-state index is -1.02. The number of carbonyl (C=O) groups excluding carboxylic acids is 3. The van der Waals surface area contributed by atoms with Crippen LogP contribution in [0.5, 0.6) is 0 Å². The Kier molecular flexibility index (Phi) is 10.5. The molecule has 198 valence electrons. The van der Waals surface area contributed by atoms with Crippen molar-refractivity contribution in [1.29, 1.82) is 0 Å². The van der Waals surface area contributed by atoms with Crippen LogP contribution in [0.2, 0.25) is 15.1 Å². The summed E-state index contributed by atoms with van der Waals surface area (Å²) in [5.74, 6) is -1.72. The molecular weight excluding hydrogens is 553 g/mol. The van der Waals surface area contributed by atoms with E-state index in [1.54, 1.807) is 73.7 Å². The number of esters is 1. The van der Waals surface area contributed by atoms with Crippen LogP contribution in [0, 0.1) is 0 Å². The smallest absolute Gasteiger partial charge is 0.328 e. The molecule has 2 amide bonds. The third-order valence-corrected chi connectivity index (χ3v) is 6.08. The number of nitrogens with zero attached hydrogens (tertiary/aromatic N) is 1. The highest BCUT2D eigenvalue weighted by Crippen LogP contribution is 2.25. The molecule has 0 bridgehead atoms. The van der Waals surface area contributed by atoms with Crippen LogP contribution < -0.4 is 10.6 Å². The molecule has 0 aromatic heterocycles. The maximum Gasteiger partial charge on any atom is 0.328 e. The van der Waals surface area contributed by atoms with Gasteiger partial charge in [-0.2, -0.15) is 0 Å². The van der Waals surface area contributed by atoms with E-state index < -0.39 is 23.8 Å². The Morgan fingerprint density at radius 1 is 0.947 bits per heavy atom. The zero-order valence-corrected chi connectivity index (χ0v) is 22.7. The summed E-state index contributed by atoms with van der Waals surface area (Å²) >= 11 is 18.3. The van der Waals surface area contributed by atoms with Crippen molar-refractivity contribution >= 4 is 64.0 Å². The largest absolute Gasteiger partial charge is 0.464 e. The molecule has 38 heavy (non-hydrogen) atoms. The van der Waals surface area contributed by atoms with Crippen LogP contribution in [0.1, 0.15) is 28.4 Å². The number of rotatable bonds is 10. The minimum Gasteiger partial charge on any atom is -0.464 e. The van der Waals surface area contributed by atoms with E-state index in [2.05, 4.69) is 15.8 Å². The highest BCUT2D eigenvalue weighted by Gasteiger charge is 2.26. The third kappa shape index (κ3) is 7.71. The van der Waals surface area contributed by atoms with E-state index in [1.807, 2.05) is 0 Å². The number of anilines is 1. The summed E-state index contributed by atoms with van der Waals surface area (Å²) in [5, 5.41) is 10.1. The van der Waals surface area contributed by atoms with Gasteiger partial charge in [-0.3, -0.25) is 9.59 Å². The van der Waals surface area contributed by atoms with E-state index in [9.17, 15) is 14.4 Å². The molecule has 0 spiro atoms. The monoisotopic (exact) mass is 575 g/mol. The van der Waals surface area contributed by atoms with Gasteiger partial charge in [-0.05, 0) is 48.9 Å². The second kappa shape index (κ2) is 13.8. The molecule has 0 aliphatic carbocycles. The van der Waals surface area contributed by atoms with Crippen LogP contribution in [-0.2, 0) is 25.6 Å². The second-order valence-corrected chi connectivity index (χ2v) is 9.11. The molecule has 0 saturated heterocycles. The predicted octanol–water partition coefficient (Wildman–Crippen LogP) is 5.54. The average Bonchev–Trinajstić information content (AvgIpc) is 2.88. The van der Waals surface area contributed by atoms with Crippen molar-refractivity contribution in [2.75, 3.05) is 19.0 Å². The number of amides is 2. The molecule has 0 heterocycles. The summed E-state index contributed by atoms with van der Waals surface area (Å²) in [6.45, 7) is 1.80. The van der Waals surface area contributed by atoms with Crippen molar-refractivity contribution < 1.29 is 24.0 Å². The lowest BCUT2D eigenvalue weighted by Crippen LogP contribution is -2.46. The fourth-order valence-corrected chi connectivity index (χ4v) is 4.24. The van der Waals surface area contributed by atoms with Gasteiger partial charge in [0, 0.05) is 22.7 Å². The molecule has 3 aromatic rings. The van der Waals surface area contributed by atoms with Crippen molar-refractivity contribution in [2.45, 2.75) is 19.4 Å². The predicted molar refractivity (Wildman–Crippen MR) is 148 cm³/mol. The molecule has 0 unspecified atom stereocenters. The normalized spacial score (nSPS) is 11.9. The summed E-state index contributed by atoms with van der Waals surface area (Å²) in [7, 11) is 1.31. The Morgan fingerprint density at radius 3 is 2.21 bits per heavy atom. The maximum atomic E-state index is 13.1. The van der Waals surface area contributed by atoms with Crippen LogP contribution in [-0.4, -0.2) is 43.3 Å². The quantitative estimate of drug-likeness (QED) is 0.187. The number of hydrogen-bond donors (Lipinski definition) is 2. The van der Waals surface area contributed by atoms with Gasteiger partial charge in [0.2, 0.25) is 0 Å². The van der Waals surface area contributed by atoms with Gasteiger partial charge in [-0.1, -0.05) is 70.3 Å². The van der Waals surface area contributed by atoms with E-state index in [4.69, 9.17) is 44.4 Å². The average molecular weight is 577 g/mol. The fraction of sp³-hybridized carbons (Fsp3) is 0.185. The molecule has 0 aliphatic rings. The number of ether oxygens (including phenoxy) is 1. The van der Waals surface area contributed by atoms with E-state index in [0.29, 0.717) is 21.8 Å². The van der Waals surface area contributed by atoms with Crippen molar-refractivity contribution in [3.05, 3.63) is 98.5 Å². The van der Waals surface area contributed by atoms with E-state index in [0.717, 1.165) is 0 Å². The lowest BCUT2D eigenvalue weighted by molar-refractivity contribution is -0.146. The number of hydrogen-bond acceptors (Lipinski definition) is 6. The lowest BCUT2D eigenvalue weighted by Gasteiger charge is -2.18. The molecule has 0 fully saturated rings. The third-order valence-electron chi connectivity index (χ3n) is 5.21. The van der Waals surface area contributed by atoms with Gasteiger partial charge in [-0.25, -0.2) is 4.79 Å². The van der Waals surface area contributed by atoms with E-state index in [-0.39, 0.29) is 34.3 Å². The minimum absolute atomic E-state index is 0.0550. The van der Waals surface area contributed by atoms with Crippen LogP contribution in [0.25, 0.3) is 0 Å². The first kappa shape index (κ1) is 29.0. The Hall–Kier alpha value is -3.59. The first-order chi connectivity index (χ1) is 18.2. The number of nitrogens with one attached hydrogen (secondary N) is 2. The zero-order chi connectivity index (χ0) is 27.7. The topological polar surface area (TPSA) is 106 Å². The summed E-state index contributed by atoms with van der Waals surface area (Å²) in [4.78, 5) is 43.2. The first-order valence-corrected chi connectivity index (χ1v) is 12.6. The second-order valence-electron chi connectivity index (χ2n) is 7.86. The van der Waals surface area contributed by atoms with Crippen molar-refractivity contribution in [3.63, 3.8) is 0 Å². The molecule has 1 atom stereocenters. The van der Waals surface area contributed by atoms with Crippen LogP contribution >= 0.6 is 34.8 Å². The van der Waals surface area contributed by atoms with Gasteiger partial charge in [0.25, 0.3) is 11.8 Å². The molecule has 0 aliphatic heterocycles. The van der Waals surface area contributed by atoms with E-state index in [1.165, 1.54) is 7.11 Å². The maximum absolute atomic E-state index is 13.1. The fourth-order valence-electron chi connectivity index (χ4n) is 3.48. The molecule has 0 radical (unpaired) electrons. The molecule has 0 saturated carbocycles. The zero-order valence-electron chi connectivity index (χ0n) is 20.5. The number of benzene rings is 3. The van der Waals surface area contributed by atoms with Gasteiger partial charge in [0.15, 0.2) is 5.71 Å². The van der Waals surface area contributed by atoms with Crippen molar-refractivity contribution in [2.24, 2.45) is 5.16 Å². The van der Waals surface area contributed by atoms with Crippen LogP contribution in [0.4, 0.5) is 5.69 Å². The van der Waals surface area contributed by atoms with Crippen LogP contribution in [0.3, 0.4) is 0 Å². The Balaban J connectivity index is 1.76. The molecule has 3 rings (SSSR count). The van der Waals surface area contributed by atoms with Gasteiger partial charge >= 0.3 is 5.97 Å². The Bertz CT molecular complexity index is 1330. The highest BCUT2D eigenvalue weighted by atomic mass is 35.5. The summed E-state index contributed by atoms with van der Waals surface area (Å²) < 4.78 is 5.16. The van der Waals surface area contributed by atoms with Gasteiger partial charge in [0.1, 0.15) is 13.2 Å². The molecule has 2 N–H and O–H groups in total. The molecular formula is C27H24Cl3N3O5. The standard InChI is InChI=1S/C27H24Cl3N3O5/c1-3-38-27(36)22(32-26(35)24(33-37-2)17-6-4-7-18(28)15-17)14-16-10-12-19(13-11-16)31-25(34)23-20(29)8-5-9-21(23)30/h4-13,15,22H,3,14H2,1-2H3,(H,31,34)(H,32,35)/t22-/m0/s1. The van der Waals surface area contributed by atoms with Crippen LogP contribution in [0.15, 0.2) is 71.9 Å². The first-order valence-electron chi connectivity index (χ1n) is 11.4. The molecule has 11 heteroatoms. The van der Waals surface area contributed by atoms with Gasteiger partial charge in [-0.15, -0.1) is 0 Å². The number of halogens is 3. The SMILES string of the molecule is CCOC(=O)[C@H](Cc1ccc(NC(=O)c2c(Cl)cccc2Cl)cc1)NC(=O)C(=NOC)c1cccc(Cl)c1. The van der Waals surface area contributed by atoms with Crippen molar-refractivity contribution in [3.8, 4) is 0 Å². The summed E-state index contributed by atoms with van der Waals surface area (Å²) in [5.41, 5.74) is 1.71. The van der Waals surface area contributed by atoms with Crippen molar-refractivity contribution in [1.82, 2.24) is 5.32 Å². The van der Waals surface area contributed by atoms with Gasteiger partial charge in [0.05, 0.1) is 22.2 Å². The Labute approximate surface area is 234 Å².